The highest BCUT2D eigenvalue weighted by Crippen LogP contribution is 2.12. The highest BCUT2D eigenvalue weighted by atomic mass is 16.6. The lowest BCUT2D eigenvalue weighted by atomic mass is 10.1. The monoisotopic (exact) mass is 913 g/mol. The van der Waals surface area contributed by atoms with Crippen LogP contribution in [0.25, 0.3) is 0 Å². The van der Waals surface area contributed by atoms with E-state index in [0.717, 1.165) is 77.0 Å². The van der Waals surface area contributed by atoms with Gasteiger partial charge in [-0.05, 0) is 89.9 Å². The molecule has 1 unspecified atom stereocenters. The molecule has 0 aromatic heterocycles. The van der Waals surface area contributed by atoms with Crippen LogP contribution in [-0.4, -0.2) is 37.2 Å². The summed E-state index contributed by atoms with van der Waals surface area (Å²) in [7, 11) is 0. The summed E-state index contributed by atoms with van der Waals surface area (Å²) in [5.41, 5.74) is 0. The van der Waals surface area contributed by atoms with Gasteiger partial charge in [0.15, 0.2) is 6.10 Å². The van der Waals surface area contributed by atoms with Crippen LogP contribution in [0.15, 0.2) is 122 Å². The van der Waals surface area contributed by atoms with Gasteiger partial charge in [-0.1, -0.05) is 232 Å². The van der Waals surface area contributed by atoms with Crippen LogP contribution in [0.4, 0.5) is 0 Å². The van der Waals surface area contributed by atoms with Crippen molar-refractivity contribution in [3.8, 4) is 0 Å². The Morgan fingerprint density at radius 1 is 0.318 bits per heavy atom. The lowest BCUT2D eigenvalue weighted by Gasteiger charge is -2.18. The molecule has 0 spiro atoms. The molecule has 0 aromatic rings. The smallest absolute Gasteiger partial charge is 0.306 e. The Bertz CT molecular complexity index is 1420. The molecule has 6 nitrogen and oxygen atoms in total. The van der Waals surface area contributed by atoms with Crippen molar-refractivity contribution in [1.82, 2.24) is 0 Å². The number of hydrogen-bond donors (Lipinski definition) is 0. The van der Waals surface area contributed by atoms with Crippen LogP contribution >= 0.6 is 0 Å². The topological polar surface area (TPSA) is 78.9 Å². The fourth-order valence-corrected chi connectivity index (χ4v) is 6.78. The molecule has 372 valence electrons. The zero-order valence-electron chi connectivity index (χ0n) is 42.4. The molecule has 0 heterocycles. The number of ether oxygens (including phenoxy) is 3. The van der Waals surface area contributed by atoms with Crippen molar-refractivity contribution < 1.29 is 28.6 Å². The van der Waals surface area contributed by atoms with Gasteiger partial charge >= 0.3 is 17.9 Å². The fourth-order valence-electron chi connectivity index (χ4n) is 6.78. The van der Waals surface area contributed by atoms with Crippen LogP contribution < -0.4 is 0 Å². The number of unbranched alkanes of at least 4 members (excludes halogenated alkanes) is 19. The van der Waals surface area contributed by atoms with Crippen LogP contribution in [0, 0.1) is 0 Å². The van der Waals surface area contributed by atoms with E-state index < -0.39 is 6.10 Å². The van der Waals surface area contributed by atoms with Gasteiger partial charge < -0.3 is 14.2 Å². The van der Waals surface area contributed by atoms with E-state index in [2.05, 4.69) is 99.8 Å². The van der Waals surface area contributed by atoms with E-state index in [4.69, 9.17) is 14.2 Å². The molecule has 0 rings (SSSR count). The maximum Gasteiger partial charge on any atom is 0.306 e. The third-order valence-electron chi connectivity index (χ3n) is 10.8. The molecule has 1 atom stereocenters. The van der Waals surface area contributed by atoms with Crippen LogP contribution in [-0.2, 0) is 28.6 Å². The second-order valence-corrected chi connectivity index (χ2v) is 17.2. The lowest BCUT2D eigenvalue weighted by molar-refractivity contribution is -0.166. The van der Waals surface area contributed by atoms with E-state index in [1.165, 1.54) is 89.9 Å². The average molecular weight is 913 g/mol. The number of carbonyl (C=O) groups is 3. The predicted molar refractivity (Wildman–Crippen MR) is 283 cm³/mol. The molecule has 0 aromatic carbocycles. The third-order valence-corrected chi connectivity index (χ3v) is 10.8. The molecule has 0 N–H and O–H groups in total. The van der Waals surface area contributed by atoms with Gasteiger partial charge in [0.05, 0.1) is 0 Å². The van der Waals surface area contributed by atoms with Gasteiger partial charge in [0.25, 0.3) is 0 Å². The molecule has 0 amide bonds. The second kappa shape index (κ2) is 53.4. The van der Waals surface area contributed by atoms with E-state index in [9.17, 15) is 14.4 Å². The molecule has 0 radical (unpaired) electrons. The summed E-state index contributed by atoms with van der Waals surface area (Å²) in [6, 6.07) is 0. The Morgan fingerprint density at radius 2 is 0.682 bits per heavy atom. The summed E-state index contributed by atoms with van der Waals surface area (Å²) in [6.45, 7) is 6.40. The van der Waals surface area contributed by atoms with Crippen molar-refractivity contribution in [2.45, 2.75) is 226 Å². The van der Waals surface area contributed by atoms with Crippen molar-refractivity contribution >= 4 is 17.9 Å². The second-order valence-electron chi connectivity index (χ2n) is 17.2. The van der Waals surface area contributed by atoms with Crippen molar-refractivity contribution in [3.05, 3.63) is 122 Å². The minimum Gasteiger partial charge on any atom is -0.462 e. The maximum atomic E-state index is 12.8. The zero-order chi connectivity index (χ0) is 47.9. The van der Waals surface area contributed by atoms with Gasteiger partial charge in [0.1, 0.15) is 13.2 Å². The largest absolute Gasteiger partial charge is 0.462 e. The van der Waals surface area contributed by atoms with E-state index >= 15 is 0 Å². The molecule has 0 aliphatic heterocycles. The first-order chi connectivity index (χ1) is 32.5. The van der Waals surface area contributed by atoms with Gasteiger partial charge in [-0.3, -0.25) is 14.4 Å². The summed E-state index contributed by atoms with van der Waals surface area (Å²) in [4.78, 5) is 38.0. The van der Waals surface area contributed by atoms with Crippen LogP contribution in [0.2, 0.25) is 0 Å². The van der Waals surface area contributed by atoms with Crippen LogP contribution in [0.3, 0.4) is 0 Å². The third kappa shape index (κ3) is 50.8. The molecule has 0 bridgehead atoms. The van der Waals surface area contributed by atoms with E-state index in [1.807, 2.05) is 42.5 Å². The zero-order valence-corrected chi connectivity index (χ0v) is 42.4. The Balaban J connectivity index is 4.60. The summed E-state index contributed by atoms with van der Waals surface area (Å²) in [5.74, 6) is -1.08. The van der Waals surface area contributed by atoms with Crippen LogP contribution in [0.1, 0.15) is 220 Å². The summed E-state index contributed by atoms with van der Waals surface area (Å²) >= 11 is 0. The van der Waals surface area contributed by atoms with E-state index in [-0.39, 0.29) is 44.0 Å². The Kier molecular flexibility index (Phi) is 50.0. The van der Waals surface area contributed by atoms with Gasteiger partial charge in [-0.15, -0.1) is 0 Å². The van der Waals surface area contributed by atoms with E-state index in [0.29, 0.717) is 19.3 Å². The van der Waals surface area contributed by atoms with Gasteiger partial charge in [-0.2, -0.15) is 0 Å². The average Bonchev–Trinajstić information content (AvgIpc) is 3.31. The molecule has 0 saturated carbocycles. The summed E-state index contributed by atoms with van der Waals surface area (Å²) < 4.78 is 16.7. The standard InChI is InChI=1S/C60H96O6/c1-4-7-10-13-16-19-22-25-27-29-31-32-35-38-41-44-47-50-53-59(62)65-56-57(55-64-58(61)52-49-46-43-40-37-34-24-21-18-15-12-9-6-3)66-60(63)54-51-48-45-42-39-36-33-30-28-26-23-20-17-14-11-8-5-2/h10,13,16,19,22,25-29,31-34,36-37,42-43,45-46,57H,4-9,11-12,14-15,17-18,20-21,23-24,30,35,38-41,44,47-56H2,1-3H3/b13-10-,19-16-,25-22-,28-26-,29-27-,32-31-,36-33-,37-34-,45-42-,46-43-. The summed E-state index contributed by atoms with van der Waals surface area (Å²) in [6.07, 6.45) is 73.4. The molecule has 0 saturated heterocycles. The van der Waals surface area contributed by atoms with Crippen molar-refractivity contribution in [2.24, 2.45) is 0 Å². The quantitative estimate of drug-likeness (QED) is 0.0199. The Hall–Kier alpha value is -4.19. The molecule has 66 heavy (non-hydrogen) atoms. The number of rotatable bonds is 46. The van der Waals surface area contributed by atoms with Crippen LogP contribution in [0.5, 0.6) is 0 Å². The van der Waals surface area contributed by atoms with E-state index in [1.54, 1.807) is 0 Å². The number of allylic oxidation sites excluding steroid dienone is 20. The number of carbonyl (C=O) groups excluding carboxylic acids is 3. The highest BCUT2D eigenvalue weighted by Gasteiger charge is 2.19. The maximum absolute atomic E-state index is 12.8. The van der Waals surface area contributed by atoms with Crippen molar-refractivity contribution in [1.29, 1.82) is 0 Å². The highest BCUT2D eigenvalue weighted by molar-refractivity contribution is 5.71. The first-order valence-electron chi connectivity index (χ1n) is 26.6. The molecule has 0 aliphatic rings. The first kappa shape index (κ1) is 61.8. The predicted octanol–water partition coefficient (Wildman–Crippen LogP) is 17.7. The van der Waals surface area contributed by atoms with Gasteiger partial charge in [0, 0.05) is 19.3 Å². The normalized spacial score (nSPS) is 13.1. The summed E-state index contributed by atoms with van der Waals surface area (Å²) in [5, 5.41) is 0. The fraction of sp³-hybridized carbons (Fsp3) is 0.617. The molecule has 6 heteroatoms. The van der Waals surface area contributed by atoms with Crippen molar-refractivity contribution in [3.63, 3.8) is 0 Å². The first-order valence-corrected chi connectivity index (χ1v) is 26.6. The lowest BCUT2D eigenvalue weighted by Crippen LogP contribution is -2.30. The molecule has 0 aliphatic carbocycles. The molecular weight excluding hydrogens is 817 g/mol. The number of esters is 3. The minimum atomic E-state index is -0.841. The number of hydrogen-bond acceptors (Lipinski definition) is 6. The molecule has 0 fully saturated rings. The van der Waals surface area contributed by atoms with Crippen molar-refractivity contribution in [2.75, 3.05) is 13.2 Å². The minimum absolute atomic E-state index is 0.132. The Labute approximate surface area is 405 Å². The van der Waals surface area contributed by atoms with Gasteiger partial charge in [-0.25, -0.2) is 0 Å². The Morgan fingerprint density at radius 3 is 1.18 bits per heavy atom. The molecular formula is C60H96O6. The van der Waals surface area contributed by atoms with Gasteiger partial charge in [0.2, 0.25) is 0 Å². The SMILES string of the molecule is CCC\C=C/C=C\C=C/C=C\C=C/CCCCCCCC(=O)OCC(COC(=O)CC/C=C\C/C=C\CCCCCCCC)OC(=O)CCC/C=C\C/C=C\C/C=C\CCCCCCCC.